The number of hydrogen-bond acceptors (Lipinski definition) is 6. The summed E-state index contributed by atoms with van der Waals surface area (Å²) in [5.41, 5.74) is 1.47. The maximum absolute atomic E-state index is 13.3. The standard InChI is InChI=1S/C27H36N6O/c1-18-3-4-28-23(9-18)31-24-13-25(30-19(2)29-24)32-5-7-33(8-6-32)26(34)17-27-14-20-10-21(15-27)12-22(11-20)16-27/h3-4,9,13,20-22H,5-8,10-12,14-17H2,1-2H3,(H,28,29,30,31). The average Bonchev–Trinajstić information content (AvgIpc) is 2.77. The van der Waals surface area contributed by atoms with E-state index in [1.54, 1.807) is 6.20 Å². The molecule has 1 saturated heterocycles. The predicted molar refractivity (Wildman–Crippen MR) is 133 cm³/mol. The first-order valence-corrected chi connectivity index (χ1v) is 13.0. The normalized spacial score (nSPS) is 30.0. The van der Waals surface area contributed by atoms with E-state index in [2.05, 4.69) is 30.1 Å². The zero-order valence-electron chi connectivity index (χ0n) is 20.5. The van der Waals surface area contributed by atoms with Crippen LogP contribution in [0.5, 0.6) is 0 Å². The minimum atomic E-state index is 0.317. The van der Waals surface area contributed by atoms with Gasteiger partial charge in [0.2, 0.25) is 5.91 Å². The minimum Gasteiger partial charge on any atom is -0.353 e. The number of aryl methyl sites for hydroxylation is 2. The molecule has 0 unspecified atom stereocenters. The van der Waals surface area contributed by atoms with Gasteiger partial charge in [-0.05, 0) is 93.2 Å². The SMILES string of the molecule is Cc1ccnc(Nc2cc(N3CCN(C(=O)CC45CC6CC(CC(C6)C4)C5)CC3)nc(C)n2)c1. The van der Waals surface area contributed by atoms with Gasteiger partial charge in [-0.3, -0.25) is 4.79 Å². The number of piperazine rings is 1. The lowest BCUT2D eigenvalue weighted by Gasteiger charge is -2.57. The highest BCUT2D eigenvalue weighted by atomic mass is 16.2. The number of pyridine rings is 1. The van der Waals surface area contributed by atoms with Gasteiger partial charge in [0, 0.05) is 44.9 Å². The lowest BCUT2D eigenvalue weighted by molar-refractivity contribution is -0.139. The molecule has 4 bridgehead atoms. The Kier molecular flexibility index (Phi) is 5.46. The largest absolute Gasteiger partial charge is 0.353 e. The van der Waals surface area contributed by atoms with Crippen LogP contribution in [0.3, 0.4) is 0 Å². The highest BCUT2D eigenvalue weighted by molar-refractivity contribution is 5.77. The molecule has 3 heterocycles. The third kappa shape index (κ3) is 4.37. The fourth-order valence-electron chi connectivity index (χ4n) is 7.64. The van der Waals surface area contributed by atoms with Gasteiger partial charge in [0.1, 0.15) is 23.3 Å². The molecule has 7 nitrogen and oxygen atoms in total. The summed E-state index contributed by atoms with van der Waals surface area (Å²) in [5, 5.41) is 3.31. The monoisotopic (exact) mass is 460 g/mol. The van der Waals surface area contributed by atoms with E-state index in [0.717, 1.165) is 79.2 Å². The summed E-state index contributed by atoms with van der Waals surface area (Å²) in [4.78, 5) is 31.3. The average molecular weight is 461 g/mol. The number of carbonyl (C=O) groups excluding carboxylic acids is 1. The van der Waals surface area contributed by atoms with Crippen molar-refractivity contribution in [3.8, 4) is 0 Å². The van der Waals surface area contributed by atoms with Gasteiger partial charge in [0.15, 0.2) is 0 Å². The molecule has 4 aliphatic carbocycles. The number of amides is 1. The van der Waals surface area contributed by atoms with Gasteiger partial charge < -0.3 is 15.1 Å². The first kappa shape index (κ1) is 21.8. The molecule has 180 valence electrons. The van der Waals surface area contributed by atoms with Crippen LogP contribution in [-0.4, -0.2) is 51.9 Å². The van der Waals surface area contributed by atoms with Crippen LogP contribution in [0.15, 0.2) is 24.4 Å². The molecule has 4 saturated carbocycles. The Morgan fingerprint density at radius 2 is 1.65 bits per heavy atom. The van der Waals surface area contributed by atoms with E-state index in [1.165, 1.54) is 38.5 Å². The lowest BCUT2D eigenvalue weighted by atomic mass is 9.49. The summed E-state index contributed by atoms with van der Waals surface area (Å²) in [6.07, 6.45) is 10.8. The Morgan fingerprint density at radius 1 is 0.971 bits per heavy atom. The first-order valence-electron chi connectivity index (χ1n) is 13.0. The molecular formula is C27H36N6O. The van der Waals surface area contributed by atoms with Crippen molar-refractivity contribution in [3.63, 3.8) is 0 Å². The first-order chi connectivity index (χ1) is 16.4. The Morgan fingerprint density at radius 3 is 2.29 bits per heavy atom. The molecular weight excluding hydrogens is 424 g/mol. The van der Waals surface area contributed by atoms with Gasteiger partial charge >= 0.3 is 0 Å². The zero-order chi connectivity index (χ0) is 23.3. The van der Waals surface area contributed by atoms with E-state index in [0.29, 0.717) is 11.3 Å². The molecule has 5 fully saturated rings. The summed E-state index contributed by atoms with van der Waals surface area (Å²) in [7, 11) is 0. The molecule has 0 aromatic carbocycles. The van der Waals surface area contributed by atoms with Gasteiger partial charge in [-0.2, -0.15) is 0 Å². The van der Waals surface area contributed by atoms with Gasteiger partial charge in [-0.25, -0.2) is 15.0 Å². The van der Waals surface area contributed by atoms with Crippen molar-refractivity contribution < 1.29 is 4.79 Å². The number of rotatable bonds is 5. The van der Waals surface area contributed by atoms with E-state index < -0.39 is 0 Å². The van der Waals surface area contributed by atoms with Crippen molar-refractivity contribution in [2.45, 2.75) is 58.8 Å². The molecule has 0 radical (unpaired) electrons. The van der Waals surface area contributed by atoms with Crippen LogP contribution in [0, 0.1) is 37.0 Å². The summed E-state index contributed by atoms with van der Waals surface area (Å²) in [6.45, 7) is 7.14. The Labute approximate surface area is 202 Å². The van der Waals surface area contributed by atoms with E-state index >= 15 is 0 Å². The smallest absolute Gasteiger partial charge is 0.223 e. The van der Waals surface area contributed by atoms with Gasteiger partial charge in [0.05, 0.1) is 0 Å². The van der Waals surface area contributed by atoms with Crippen molar-refractivity contribution in [2.24, 2.45) is 23.2 Å². The van der Waals surface area contributed by atoms with Crippen molar-refractivity contribution >= 4 is 23.4 Å². The van der Waals surface area contributed by atoms with Crippen LogP contribution < -0.4 is 10.2 Å². The van der Waals surface area contributed by atoms with E-state index in [4.69, 9.17) is 0 Å². The molecule has 1 amide bonds. The number of aromatic nitrogens is 3. The molecule has 7 rings (SSSR count). The Bertz CT molecular complexity index is 1040. The third-order valence-electron chi connectivity index (χ3n) is 8.64. The highest BCUT2D eigenvalue weighted by Crippen LogP contribution is 2.61. The van der Waals surface area contributed by atoms with E-state index in [-0.39, 0.29) is 0 Å². The van der Waals surface area contributed by atoms with Crippen molar-refractivity contribution in [2.75, 3.05) is 36.4 Å². The van der Waals surface area contributed by atoms with Crippen LogP contribution in [0.25, 0.3) is 0 Å². The quantitative estimate of drug-likeness (QED) is 0.709. The maximum Gasteiger partial charge on any atom is 0.223 e. The van der Waals surface area contributed by atoms with Crippen molar-refractivity contribution in [1.29, 1.82) is 0 Å². The maximum atomic E-state index is 13.3. The molecule has 0 spiro atoms. The highest BCUT2D eigenvalue weighted by Gasteiger charge is 2.51. The fourth-order valence-corrected chi connectivity index (χ4v) is 7.64. The number of anilines is 3. The second kappa shape index (κ2) is 8.51. The molecule has 0 atom stereocenters. The summed E-state index contributed by atoms with van der Waals surface area (Å²) < 4.78 is 0. The molecule has 1 aliphatic heterocycles. The van der Waals surface area contributed by atoms with Gasteiger partial charge in [-0.15, -0.1) is 0 Å². The molecule has 34 heavy (non-hydrogen) atoms. The zero-order valence-corrected chi connectivity index (χ0v) is 20.5. The fraction of sp³-hybridized carbons (Fsp3) is 0.630. The summed E-state index contributed by atoms with van der Waals surface area (Å²) in [5.74, 6) is 6.25. The van der Waals surface area contributed by atoms with Crippen LogP contribution in [-0.2, 0) is 4.79 Å². The van der Waals surface area contributed by atoms with E-state index in [9.17, 15) is 4.79 Å². The Balaban J connectivity index is 1.08. The van der Waals surface area contributed by atoms with Gasteiger partial charge in [0.25, 0.3) is 0 Å². The number of carbonyl (C=O) groups is 1. The molecule has 2 aromatic heterocycles. The van der Waals surface area contributed by atoms with Crippen molar-refractivity contribution in [1.82, 2.24) is 19.9 Å². The number of nitrogens with zero attached hydrogens (tertiary/aromatic N) is 5. The predicted octanol–water partition coefficient (Wildman–Crippen LogP) is 4.49. The van der Waals surface area contributed by atoms with Crippen molar-refractivity contribution in [3.05, 3.63) is 35.8 Å². The van der Waals surface area contributed by atoms with Crippen LogP contribution in [0.2, 0.25) is 0 Å². The molecule has 7 heteroatoms. The van der Waals surface area contributed by atoms with E-state index in [1.807, 2.05) is 32.0 Å². The lowest BCUT2D eigenvalue weighted by Crippen LogP contribution is -2.52. The van der Waals surface area contributed by atoms with Crippen LogP contribution in [0.4, 0.5) is 17.5 Å². The third-order valence-corrected chi connectivity index (χ3v) is 8.64. The number of hydrogen-bond donors (Lipinski definition) is 1. The molecule has 5 aliphatic rings. The second-order valence-electron chi connectivity index (χ2n) is 11.5. The molecule has 1 N–H and O–H groups in total. The van der Waals surface area contributed by atoms with Gasteiger partial charge in [-0.1, -0.05) is 0 Å². The molecule has 2 aromatic rings. The van der Waals surface area contributed by atoms with Crippen LogP contribution >= 0.6 is 0 Å². The minimum absolute atomic E-state index is 0.317. The second-order valence-corrected chi connectivity index (χ2v) is 11.5. The summed E-state index contributed by atoms with van der Waals surface area (Å²) >= 11 is 0. The summed E-state index contributed by atoms with van der Waals surface area (Å²) in [6, 6.07) is 5.97. The van der Waals surface area contributed by atoms with Crippen LogP contribution in [0.1, 0.15) is 56.3 Å². The number of nitrogens with one attached hydrogen (secondary N) is 1. The Hall–Kier alpha value is -2.70. The topological polar surface area (TPSA) is 74.2 Å².